The Balaban J connectivity index is 1.93. The van der Waals surface area contributed by atoms with E-state index < -0.39 is 0 Å². The number of nitrogens with zero attached hydrogens (tertiary/aromatic N) is 2. The van der Waals surface area contributed by atoms with Gasteiger partial charge in [0.25, 0.3) is 0 Å². The highest BCUT2D eigenvalue weighted by molar-refractivity contribution is 5.21. The smallest absolute Gasteiger partial charge is 0.222 e. The van der Waals surface area contributed by atoms with Crippen LogP contribution in [-0.2, 0) is 0 Å². The summed E-state index contributed by atoms with van der Waals surface area (Å²) in [4.78, 5) is 8.23. The van der Waals surface area contributed by atoms with E-state index in [1.54, 1.807) is 12.4 Å². The van der Waals surface area contributed by atoms with Crippen molar-refractivity contribution in [2.75, 3.05) is 11.9 Å². The molecule has 16 heavy (non-hydrogen) atoms. The second-order valence-electron chi connectivity index (χ2n) is 4.60. The highest BCUT2D eigenvalue weighted by Crippen LogP contribution is 2.09. The molecule has 0 aliphatic carbocycles. The van der Waals surface area contributed by atoms with Gasteiger partial charge in [0.1, 0.15) is 0 Å². The van der Waals surface area contributed by atoms with Crippen molar-refractivity contribution in [3.63, 3.8) is 0 Å². The topological polar surface area (TPSA) is 37.8 Å². The van der Waals surface area contributed by atoms with E-state index in [1.807, 2.05) is 6.07 Å². The summed E-state index contributed by atoms with van der Waals surface area (Å²) < 4.78 is 0. The standard InChI is InChI=1S/C13H23N3/c1-12(2)8-5-3-4-6-9-14-13-15-10-7-11-16-13/h7,10-12H,3-6,8-9H2,1-2H3,(H,14,15,16). The van der Waals surface area contributed by atoms with Gasteiger partial charge in [-0.3, -0.25) is 0 Å². The van der Waals surface area contributed by atoms with Crippen molar-refractivity contribution < 1.29 is 0 Å². The molecule has 0 radical (unpaired) electrons. The Kier molecular flexibility index (Phi) is 6.54. The molecule has 0 amide bonds. The lowest BCUT2D eigenvalue weighted by molar-refractivity contribution is 0.523. The third kappa shape index (κ3) is 6.38. The van der Waals surface area contributed by atoms with E-state index in [4.69, 9.17) is 0 Å². The molecule has 0 bridgehead atoms. The Morgan fingerprint density at radius 2 is 1.75 bits per heavy atom. The fraction of sp³-hybridized carbons (Fsp3) is 0.692. The molecule has 0 aliphatic heterocycles. The summed E-state index contributed by atoms with van der Waals surface area (Å²) in [6.07, 6.45) is 10.1. The van der Waals surface area contributed by atoms with Gasteiger partial charge < -0.3 is 5.32 Å². The Morgan fingerprint density at radius 1 is 1.06 bits per heavy atom. The molecule has 0 fully saturated rings. The monoisotopic (exact) mass is 221 g/mol. The van der Waals surface area contributed by atoms with Crippen molar-refractivity contribution in [3.05, 3.63) is 18.5 Å². The van der Waals surface area contributed by atoms with Gasteiger partial charge in [0.15, 0.2) is 0 Å². The van der Waals surface area contributed by atoms with Crippen molar-refractivity contribution >= 4 is 5.95 Å². The second-order valence-corrected chi connectivity index (χ2v) is 4.60. The molecule has 0 saturated carbocycles. The van der Waals surface area contributed by atoms with Crippen LogP contribution in [0.15, 0.2) is 18.5 Å². The maximum Gasteiger partial charge on any atom is 0.222 e. The Morgan fingerprint density at radius 3 is 2.44 bits per heavy atom. The summed E-state index contributed by atoms with van der Waals surface area (Å²) in [5.74, 6) is 1.58. The van der Waals surface area contributed by atoms with Crippen molar-refractivity contribution in [2.24, 2.45) is 5.92 Å². The molecule has 0 saturated heterocycles. The molecule has 1 rings (SSSR count). The molecule has 3 heteroatoms. The van der Waals surface area contributed by atoms with Crippen LogP contribution in [0.1, 0.15) is 46.0 Å². The van der Waals surface area contributed by atoms with Gasteiger partial charge in [-0.1, -0.05) is 39.5 Å². The van der Waals surface area contributed by atoms with Crippen LogP contribution in [0.2, 0.25) is 0 Å². The molecule has 0 unspecified atom stereocenters. The van der Waals surface area contributed by atoms with Gasteiger partial charge in [0, 0.05) is 18.9 Å². The zero-order chi connectivity index (χ0) is 11.6. The molecule has 1 aromatic heterocycles. The van der Waals surface area contributed by atoms with Gasteiger partial charge in [-0.2, -0.15) is 0 Å². The molecule has 1 heterocycles. The highest BCUT2D eigenvalue weighted by atomic mass is 15.1. The minimum absolute atomic E-state index is 0.740. The fourth-order valence-electron chi connectivity index (χ4n) is 1.62. The van der Waals surface area contributed by atoms with Gasteiger partial charge >= 0.3 is 0 Å². The number of anilines is 1. The number of hydrogen-bond acceptors (Lipinski definition) is 3. The van der Waals surface area contributed by atoms with Crippen LogP contribution in [0.5, 0.6) is 0 Å². The first-order chi connectivity index (χ1) is 7.79. The third-order valence-electron chi connectivity index (χ3n) is 2.56. The summed E-state index contributed by atoms with van der Waals surface area (Å²) in [5.41, 5.74) is 0. The van der Waals surface area contributed by atoms with Crippen molar-refractivity contribution in [2.45, 2.75) is 46.0 Å². The molecule has 0 atom stereocenters. The molecule has 1 N–H and O–H groups in total. The Bertz CT molecular complexity index is 259. The number of aromatic nitrogens is 2. The largest absolute Gasteiger partial charge is 0.354 e. The molecule has 0 spiro atoms. The minimum atomic E-state index is 0.740. The summed E-state index contributed by atoms with van der Waals surface area (Å²) >= 11 is 0. The van der Waals surface area contributed by atoms with Crippen molar-refractivity contribution in [1.29, 1.82) is 0 Å². The number of rotatable bonds is 8. The van der Waals surface area contributed by atoms with Crippen LogP contribution in [0.4, 0.5) is 5.95 Å². The minimum Gasteiger partial charge on any atom is -0.354 e. The lowest BCUT2D eigenvalue weighted by atomic mass is 10.0. The average molecular weight is 221 g/mol. The molecular weight excluding hydrogens is 198 g/mol. The molecule has 1 aromatic rings. The van der Waals surface area contributed by atoms with Crippen LogP contribution < -0.4 is 5.32 Å². The first kappa shape index (κ1) is 12.9. The summed E-state index contributed by atoms with van der Waals surface area (Å²) in [5, 5.41) is 3.22. The maximum atomic E-state index is 4.11. The molecular formula is C13H23N3. The Hall–Kier alpha value is -1.12. The van der Waals surface area contributed by atoms with Gasteiger partial charge in [-0.15, -0.1) is 0 Å². The quantitative estimate of drug-likeness (QED) is 0.683. The SMILES string of the molecule is CC(C)CCCCCCNc1ncccn1. The van der Waals surface area contributed by atoms with Gasteiger partial charge in [-0.05, 0) is 18.4 Å². The lowest BCUT2D eigenvalue weighted by Crippen LogP contribution is -2.04. The molecule has 0 aromatic carbocycles. The Labute approximate surface area is 98.7 Å². The van der Waals surface area contributed by atoms with Gasteiger partial charge in [-0.25, -0.2) is 9.97 Å². The van der Waals surface area contributed by atoms with Crippen LogP contribution in [0.3, 0.4) is 0 Å². The fourth-order valence-corrected chi connectivity index (χ4v) is 1.62. The van der Waals surface area contributed by atoms with Crippen LogP contribution >= 0.6 is 0 Å². The number of unbranched alkanes of at least 4 members (excludes halogenated alkanes) is 3. The van der Waals surface area contributed by atoms with Gasteiger partial charge in [0.2, 0.25) is 5.95 Å². The van der Waals surface area contributed by atoms with Crippen LogP contribution in [0.25, 0.3) is 0 Å². The zero-order valence-electron chi connectivity index (χ0n) is 10.4. The first-order valence-electron chi connectivity index (χ1n) is 6.30. The van der Waals surface area contributed by atoms with E-state index in [1.165, 1.54) is 32.1 Å². The summed E-state index contributed by atoms with van der Waals surface area (Å²) in [7, 11) is 0. The van der Waals surface area contributed by atoms with Crippen LogP contribution in [-0.4, -0.2) is 16.5 Å². The summed E-state index contributed by atoms with van der Waals surface area (Å²) in [6.45, 7) is 5.55. The van der Waals surface area contributed by atoms with Crippen molar-refractivity contribution in [1.82, 2.24) is 9.97 Å². The normalized spacial score (nSPS) is 10.7. The van der Waals surface area contributed by atoms with E-state index in [-0.39, 0.29) is 0 Å². The summed E-state index contributed by atoms with van der Waals surface area (Å²) in [6, 6.07) is 1.83. The zero-order valence-corrected chi connectivity index (χ0v) is 10.4. The number of nitrogens with one attached hydrogen (secondary N) is 1. The van der Waals surface area contributed by atoms with Crippen molar-refractivity contribution in [3.8, 4) is 0 Å². The van der Waals surface area contributed by atoms with Crippen LogP contribution in [0, 0.1) is 5.92 Å². The van der Waals surface area contributed by atoms with E-state index >= 15 is 0 Å². The van der Waals surface area contributed by atoms with E-state index in [0.29, 0.717) is 0 Å². The third-order valence-corrected chi connectivity index (χ3v) is 2.56. The van der Waals surface area contributed by atoms with E-state index in [9.17, 15) is 0 Å². The van der Waals surface area contributed by atoms with E-state index in [0.717, 1.165) is 18.4 Å². The predicted octanol–water partition coefficient (Wildman–Crippen LogP) is 3.50. The molecule has 90 valence electrons. The van der Waals surface area contributed by atoms with E-state index in [2.05, 4.69) is 29.1 Å². The molecule has 3 nitrogen and oxygen atoms in total. The first-order valence-corrected chi connectivity index (χ1v) is 6.30. The maximum absolute atomic E-state index is 4.11. The second kappa shape index (κ2) is 8.08. The van der Waals surface area contributed by atoms with Gasteiger partial charge in [0.05, 0.1) is 0 Å². The molecule has 0 aliphatic rings. The lowest BCUT2D eigenvalue weighted by Gasteiger charge is -2.05. The number of hydrogen-bond donors (Lipinski definition) is 1. The predicted molar refractivity (Wildman–Crippen MR) is 68.4 cm³/mol. The highest BCUT2D eigenvalue weighted by Gasteiger charge is 1.95. The average Bonchev–Trinajstić information content (AvgIpc) is 2.29.